The quantitative estimate of drug-likeness (QED) is 0.297. The summed E-state index contributed by atoms with van der Waals surface area (Å²) in [5, 5.41) is 0. The molecular formula is C34H47NO4. The van der Waals surface area contributed by atoms with Crippen molar-refractivity contribution in [2.24, 2.45) is 34.5 Å². The number of carbonyl (C=O) groups excluding carboxylic acids is 2. The van der Waals surface area contributed by atoms with Crippen molar-refractivity contribution < 1.29 is 19.1 Å². The molecule has 0 unspecified atom stereocenters. The molecule has 1 aromatic heterocycles. The molecule has 5 nitrogen and oxygen atoms in total. The first-order valence-corrected chi connectivity index (χ1v) is 15.7. The van der Waals surface area contributed by atoms with Crippen LogP contribution in [-0.2, 0) is 19.1 Å². The van der Waals surface area contributed by atoms with E-state index in [1.165, 1.54) is 30.9 Å². The summed E-state index contributed by atoms with van der Waals surface area (Å²) in [5.74, 6) is 2.00. The van der Waals surface area contributed by atoms with Gasteiger partial charge in [-0.25, -0.2) is 0 Å². The van der Waals surface area contributed by atoms with Crippen LogP contribution in [0.5, 0.6) is 0 Å². The first-order chi connectivity index (χ1) is 18.7. The number of pyridine rings is 1. The SMILES string of the molecule is CC(=O)O[C@H]1CC[C@@]2(C)C(=CC[C@H]3[C@@H]4CC[C@H](C(=O)O[C@@H]5CCCC[C@H]5c5cc(C)ccn5)[C@@]4(C)CC[C@@H]32)C1. The summed E-state index contributed by atoms with van der Waals surface area (Å²) in [7, 11) is 0. The summed E-state index contributed by atoms with van der Waals surface area (Å²) in [5.41, 5.74) is 4.06. The molecule has 0 saturated heterocycles. The summed E-state index contributed by atoms with van der Waals surface area (Å²) in [4.78, 5) is 30.1. The van der Waals surface area contributed by atoms with Crippen LogP contribution in [0.25, 0.3) is 0 Å². The lowest BCUT2D eigenvalue weighted by Crippen LogP contribution is -2.51. The fraction of sp³-hybridized carbons (Fsp3) is 0.735. The molecule has 0 radical (unpaired) electrons. The highest BCUT2D eigenvalue weighted by Crippen LogP contribution is 2.66. The lowest BCUT2D eigenvalue weighted by atomic mass is 9.47. The van der Waals surface area contributed by atoms with Gasteiger partial charge >= 0.3 is 11.9 Å². The minimum atomic E-state index is -0.162. The van der Waals surface area contributed by atoms with Crippen LogP contribution in [0.4, 0.5) is 0 Å². The Morgan fingerprint density at radius 1 is 0.974 bits per heavy atom. The fourth-order valence-corrected chi connectivity index (χ4v) is 9.92. The summed E-state index contributed by atoms with van der Waals surface area (Å²) in [6, 6.07) is 4.22. The number of aromatic nitrogens is 1. The lowest BCUT2D eigenvalue weighted by Gasteiger charge is -2.58. The Labute approximate surface area is 234 Å². The van der Waals surface area contributed by atoms with Crippen molar-refractivity contribution in [2.45, 2.75) is 123 Å². The smallest absolute Gasteiger partial charge is 0.309 e. The number of hydrogen-bond donors (Lipinski definition) is 0. The molecule has 0 amide bonds. The van der Waals surface area contributed by atoms with E-state index in [4.69, 9.17) is 9.47 Å². The van der Waals surface area contributed by atoms with Crippen LogP contribution in [0.1, 0.15) is 115 Å². The molecule has 1 aromatic rings. The van der Waals surface area contributed by atoms with Crippen molar-refractivity contribution in [3.05, 3.63) is 41.2 Å². The number of aryl methyl sites for hydroxylation is 1. The highest BCUT2D eigenvalue weighted by atomic mass is 16.5. The van der Waals surface area contributed by atoms with Crippen molar-refractivity contribution in [1.29, 1.82) is 0 Å². The Morgan fingerprint density at radius 3 is 2.59 bits per heavy atom. The average molecular weight is 534 g/mol. The lowest BCUT2D eigenvalue weighted by molar-refractivity contribution is -0.164. The van der Waals surface area contributed by atoms with E-state index in [0.29, 0.717) is 17.8 Å². The first kappa shape index (κ1) is 27.0. The van der Waals surface area contributed by atoms with Gasteiger partial charge in [0.15, 0.2) is 0 Å². The largest absolute Gasteiger partial charge is 0.462 e. The van der Waals surface area contributed by atoms with Gasteiger partial charge in [-0.15, -0.1) is 0 Å². The Bertz CT molecular complexity index is 1140. The number of ether oxygens (including phenoxy) is 2. The molecule has 5 aliphatic carbocycles. The maximum Gasteiger partial charge on any atom is 0.309 e. The molecule has 0 bridgehead atoms. The van der Waals surface area contributed by atoms with Crippen molar-refractivity contribution >= 4 is 11.9 Å². The van der Waals surface area contributed by atoms with E-state index >= 15 is 0 Å². The van der Waals surface area contributed by atoms with Crippen LogP contribution >= 0.6 is 0 Å². The van der Waals surface area contributed by atoms with E-state index in [1.54, 1.807) is 0 Å². The zero-order chi connectivity index (χ0) is 27.4. The summed E-state index contributed by atoms with van der Waals surface area (Å²) in [6.07, 6.45) is 17.2. The number of nitrogens with zero attached hydrogens (tertiary/aromatic N) is 1. The van der Waals surface area contributed by atoms with E-state index in [9.17, 15) is 9.59 Å². The van der Waals surface area contributed by atoms with Gasteiger partial charge < -0.3 is 9.47 Å². The monoisotopic (exact) mass is 533 g/mol. The van der Waals surface area contributed by atoms with Gasteiger partial charge in [-0.2, -0.15) is 0 Å². The topological polar surface area (TPSA) is 65.5 Å². The summed E-state index contributed by atoms with van der Waals surface area (Å²) >= 11 is 0. The molecule has 0 spiro atoms. The maximum absolute atomic E-state index is 13.9. The standard InChI is InChI=1S/C34H47NO4/c1-21-15-18-35-30(19-21)26-7-5-6-8-31(26)39-32(37)29-12-11-27-25-10-9-23-20-24(38-22(2)36)13-16-33(23,3)28(25)14-17-34(27,29)4/h9,15,18-19,24-29,31H,5-8,10-14,16-17,20H2,1-4H3/t24-,25-,26-,27-,28-,29+,31+,33-,34-/m0/s1. The van der Waals surface area contributed by atoms with E-state index in [2.05, 4.69) is 37.9 Å². The van der Waals surface area contributed by atoms with Gasteiger partial charge in [0.05, 0.1) is 5.92 Å². The average Bonchev–Trinajstić information content (AvgIpc) is 3.26. The zero-order valence-corrected chi connectivity index (χ0v) is 24.4. The highest BCUT2D eigenvalue weighted by molar-refractivity contribution is 5.74. The minimum absolute atomic E-state index is 0.00869. The van der Waals surface area contributed by atoms with Crippen molar-refractivity contribution in [3.8, 4) is 0 Å². The van der Waals surface area contributed by atoms with E-state index in [-0.39, 0.29) is 46.8 Å². The van der Waals surface area contributed by atoms with Crippen LogP contribution < -0.4 is 0 Å². The molecule has 4 fully saturated rings. The normalized spacial score (nSPS) is 41.4. The van der Waals surface area contributed by atoms with Gasteiger partial charge in [0.25, 0.3) is 0 Å². The second-order valence-corrected chi connectivity index (χ2v) is 14.0. The molecule has 39 heavy (non-hydrogen) atoms. The number of carbonyl (C=O) groups is 2. The molecule has 4 saturated carbocycles. The number of allylic oxidation sites excluding steroid dienone is 1. The third-order valence-electron chi connectivity index (χ3n) is 12.0. The van der Waals surface area contributed by atoms with Crippen LogP contribution in [0, 0.1) is 41.4 Å². The molecule has 0 aliphatic heterocycles. The number of fused-ring (bicyclic) bond motifs is 5. The number of rotatable bonds is 4. The summed E-state index contributed by atoms with van der Waals surface area (Å²) < 4.78 is 12.1. The van der Waals surface area contributed by atoms with E-state index < -0.39 is 0 Å². The molecule has 1 heterocycles. The Hall–Kier alpha value is -2.17. The number of hydrogen-bond acceptors (Lipinski definition) is 5. The van der Waals surface area contributed by atoms with Crippen LogP contribution in [-0.4, -0.2) is 29.1 Å². The van der Waals surface area contributed by atoms with Crippen LogP contribution in [0.2, 0.25) is 0 Å². The second-order valence-electron chi connectivity index (χ2n) is 14.0. The fourth-order valence-electron chi connectivity index (χ4n) is 9.92. The van der Waals surface area contributed by atoms with Crippen molar-refractivity contribution in [3.63, 3.8) is 0 Å². The van der Waals surface area contributed by atoms with Crippen LogP contribution in [0.15, 0.2) is 30.0 Å². The first-order valence-electron chi connectivity index (χ1n) is 15.7. The van der Waals surface area contributed by atoms with Crippen molar-refractivity contribution in [2.75, 3.05) is 0 Å². The summed E-state index contributed by atoms with van der Waals surface area (Å²) in [6.45, 7) is 8.52. The Balaban J connectivity index is 1.17. The van der Waals surface area contributed by atoms with E-state index in [1.807, 2.05) is 12.3 Å². The molecule has 5 aliphatic rings. The third kappa shape index (κ3) is 4.76. The Morgan fingerprint density at radius 2 is 1.79 bits per heavy atom. The molecular weight excluding hydrogens is 486 g/mol. The van der Waals surface area contributed by atoms with Gasteiger partial charge in [0.1, 0.15) is 12.2 Å². The van der Waals surface area contributed by atoms with Crippen LogP contribution in [0.3, 0.4) is 0 Å². The highest BCUT2D eigenvalue weighted by Gasteiger charge is 2.60. The third-order valence-corrected chi connectivity index (χ3v) is 12.0. The Kier molecular flexibility index (Phi) is 7.17. The minimum Gasteiger partial charge on any atom is -0.462 e. The van der Waals surface area contributed by atoms with Gasteiger partial charge in [-0.3, -0.25) is 14.6 Å². The molecule has 6 rings (SSSR count). The predicted octanol–water partition coefficient (Wildman–Crippen LogP) is 7.47. The molecule has 0 aromatic carbocycles. The number of esters is 2. The molecule has 0 N–H and O–H groups in total. The second kappa shape index (κ2) is 10.3. The predicted molar refractivity (Wildman–Crippen MR) is 151 cm³/mol. The van der Waals surface area contributed by atoms with Gasteiger partial charge in [-0.1, -0.05) is 31.9 Å². The van der Waals surface area contributed by atoms with Gasteiger partial charge in [0, 0.05) is 31.2 Å². The molecule has 5 heteroatoms. The maximum atomic E-state index is 13.9. The molecule has 212 valence electrons. The zero-order valence-electron chi connectivity index (χ0n) is 24.4. The van der Waals surface area contributed by atoms with Crippen molar-refractivity contribution in [1.82, 2.24) is 4.98 Å². The van der Waals surface area contributed by atoms with E-state index in [0.717, 1.165) is 69.9 Å². The molecule has 9 atom stereocenters. The van der Waals surface area contributed by atoms with Gasteiger partial charge in [0.2, 0.25) is 0 Å². The van der Waals surface area contributed by atoms with Gasteiger partial charge in [-0.05, 0) is 117 Å².